The number of carbonyl (C=O) groups excluding carboxylic acids is 2. The first-order valence-electron chi connectivity index (χ1n) is 12.1. The summed E-state index contributed by atoms with van der Waals surface area (Å²) in [5.74, 6) is 0.933. The lowest BCUT2D eigenvalue weighted by atomic mass is 10.1. The van der Waals surface area contributed by atoms with Crippen LogP contribution in [0.3, 0.4) is 0 Å². The maximum atomic E-state index is 12.6. The molecule has 4 heterocycles. The van der Waals surface area contributed by atoms with Gasteiger partial charge in [0.1, 0.15) is 17.2 Å². The summed E-state index contributed by atoms with van der Waals surface area (Å²) in [4.78, 5) is 37.3. The zero-order chi connectivity index (χ0) is 26.6. The Balaban J connectivity index is 1.44. The molecular weight excluding hydrogens is 522 g/mol. The molecule has 0 spiro atoms. The Kier molecular flexibility index (Phi) is 7.79. The molecule has 9 nitrogen and oxygen atoms in total. The Labute approximate surface area is 228 Å². The molecule has 0 atom stereocenters. The van der Waals surface area contributed by atoms with Crippen molar-refractivity contribution in [2.24, 2.45) is 0 Å². The lowest BCUT2D eigenvalue weighted by molar-refractivity contribution is -0.135. The highest BCUT2D eigenvalue weighted by Crippen LogP contribution is 2.42. The van der Waals surface area contributed by atoms with Crippen molar-refractivity contribution in [3.63, 3.8) is 0 Å². The van der Waals surface area contributed by atoms with E-state index in [4.69, 9.17) is 19.4 Å². The minimum absolute atomic E-state index is 0.377. The largest absolute Gasteiger partial charge is 0.492 e. The third-order valence-electron chi connectivity index (χ3n) is 6.00. The van der Waals surface area contributed by atoms with E-state index in [1.54, 1.807) is 25.4 Å². The molecule has 0 bridgehead atoms. The number of imide groups is 1. The zero-order valence-corrected chi connectivity index (χ0v) is 22.9. The minimum Gasteiger partial charge on any atom is -0.492 e. The summed E-state index contributed by atoms with van der Waals surface area (Å²) in [6.45, 7) is 6.37. The number of nitrogens with one attached hydrogen (secondary N) is 2. The highest BCUT2D eigenvalue weighted by molar-refractivity contribution is 7.22. The Morgan fingerprint density at radius 3 is 2.50 bits per heavy atom. The molecule has 0 saturated heterocycles. The topological polar surface area (TPSA) is 106 Å². The molecule has 196 valence electrons. The van der Waals surface area contributed by atoms with Gasteiger partial charge in [-0.2, -0.15) is 5.01 Å². The van der Waals surface area contributed by atoms with Crippen molar-refractivity contribution in [3.8, 4) is 26.9 Å². The summed E-state index contributed by atoms with van der Waals surface area (Å²) in [5.41, 5.74) is 5.34. The van der Waals surface area contributed by atoms with E-state index in [0.717, 1.165) is 54.9 Å². The van der Waals surface area contributed by atoms with Crippen molar-refractivity contribution in [1.82, 2.24) is 20.3 Å². The van der Waals surface area contributed by atoms with Gasteiger partial charge in [0.25, 0.3) is 11.8 Å². The van der Waals surface area contributed by atoms with Gasteiger partial charge in [-0.25, -0.2) is 9.97 Å². The number of anilines is 1. The molecule has 0 saturated carbocycles. The summed E-state index contributed by atoms with van der Waals surface area (Å²) in [6.07, 6.45) is 1.32. The van der Waals surface area contributed by atoms with E-state index >= 15 is 0 Å². The van der Waals surface area contributed by atoms with Crippen LogP contribution in [0, 0.1) is 6.92 Å². The molecule has 0 aliphatic carbocycles. The molecule has 11 heteroatoms. The average molecular weight is 550 g/mol. The maximum Gasteiger partial charge on any atom is 0.275 e. The molecule has 5 rings (SSSR count). The van der Waals surface area contributed by atoms with Crippen molar-refractivity contribution in [3.05, 3.63) is 59.0 Å². The third-order valence-corrected chi connectivity index (χ3v) is 8.10. The highest BCUT2D eigenvalue weighted by Gasteiger charge is 2.30. The Morgan fingerprint density at radius 2 is 1.82 bits per heavy atom. The van der Waals surface area contributed by atoms with Gasteiger partial charge in [0.05, 0.1) is 16.9 Å². The first-order chi connectivity index (χ1) is 18.5. The fourth-order valence-corrected chi connectivity index (χ4v) is 5.90. The van der Waals surface area contributed by atoms with Crippen molar-refractivity contribution in [1.29, 1.82) is 0 Å². The van der Waals surface area contributed by atoms with E-state index < -0.39 is 11.8 Å². The quantitative estimate of drug-likeness (QED) is 0.206. The van der Waals surface area contributed by atoms with Crippen LogP contribution in [0.15, 0.2) is 53.4 Å². The number of amides is 2. The van der Waals surface area contributed by atoms with Crippen LogP contribution in [-0.4, -0.2) is 60.2 Å². The molecule has 4 aromatic rings. The van der Waals surface area contributed by atoms with Crippen molar-refractivity contribution in [2.75, 3.05) is 38.8 Å². The molecule has 3 aromatic heterocycles. The first kappa shape index (κ1) is 26.0. The van der Waals surface area contributed by atoms with Crippen LogP contribution in [0.5, 0.6) is 5.75 Å². The van der Waals surface area contributed by atoms with Crippen LogP contribution in [0.4, 0.5) is 5.82 Å². The number of carbonyl (C=O) groups is 2. The van der Waals surface area contributed by atoms with Crippen molar-refractivity contribution < 1.29 is 19.1 Å². The van der Waals surface area contributed by atoms with Gasteiger partial charge in [-0.15, -0.1) is 22.7 Å². The Hall–Kier alpha value is -3.64. The number of fused-ring (bicyclic) bond motifs is 1. The second kappa shape index (κ2) is 11.4. The highest BCUT2D eigenvalue weighted by atomic mass is 32.1. The lowest BCUT2D eigenvalue weighted by Crippen LogP contribution is -2.36. The normalized spacial score (nSPS) is 13.4. The summed E-state index contributed by atoms with van der Waals surface area (Å²) in [7, 11) is 1.68. The van der Waals surface area contributed by atoms with Crippen LogP contribution in [-0.2, 0) is 14.3 Å². The van der Waals surface area contributed by atoms with Gasteiger partial charge < -0.3 is 14.8 Å². The molecule has 1 aromatic carbocycles. The van der Waals surface area contributed by atoms with Gasteiger partial charge in [0.2, 0.25) is 0 Å². The van der Waals surface area contributed by atoms with Crippen LogP contribution in [0.25, 0.3) is 31.4 Å². The molecular formula is C27H27N5O4S2. The fraction of sp³-hybridized carbons (Fsp3) is 0.259. The number of hydrogen-bond donors (Lipinski definition) is 2. The Morgan fingerprint density at radius 1 is 1.03 bits per heavy atom. The average Bonchev–Trinajstić information content (AvgIpc) is 3.62. The molecule has 0 fully saturated rings. The number of ether oxygens (including phenoxy) is 2. The van der Waals surface area contributed by atoms with Gasteiger partial charge in [-0.1, -0.05) is 6.07 Å². The van der Waals surface area contributed by atoms with Gasteiger partial charge in [0.15, 0.2) is 11.6 Å². The van der Waals surface area contributed by atoms with E-state index in [9.17, 15) is 9.59 Å². The molecule has 0 radical (unpaired) electrons. The number of aromatic nitrogens is 2. The maximum absolute atomic E-state index is 12.6. The van der Waals surface area contributed by atoms with E-state index in [0.29, 0.717) is 30.4 Å². The van der Waals surface area contributed by atoms with Gasteiger partial charge in [0, 0.05) is 36.7 Å². The summed E-state index contributed by atoms with van der Waals surface area (Å²) < 4.78 is 10.9. The summed E-state index contributed by atoms with van der Waals surface area (Å²) in [5, 5.41) is 6.99. The molecule has 2 N–H and O–H groups in total. The van der Waals surface area contributed by atoms with Crippen LogP contribution in [0.2, 0.25) is 0 Å². The number of thiophene rings is 2. The van der Waals surface area contributed by atoms with Crippen molar-refractivity contribution >= 4 is 50.5 Å². The molecule has 0 unspecified atom stereocenters. The molecule has 1 aliphatic heterocycles. The fourth-order valence-electron chi connectivity index (χ4n) is 4.05. The van der Waals surface area contributed by atoms with E-state index in [1.807, 2.05) is 48.7 Å². The standard InChI is InChI=1S/C27H27N5O4S2/c1-16-15-21(33)32(27(16)34)31-25-22-17(2)23(38-26(22)30-24(29-25)20-5-4-14-37-20)18-6-8-19(9-7-18)36-13-11-28-10-12-35-3/h4-9,14-15,28H,10-13H2,1-3H3,(H,29,30,31). The number of aryl methyl sites for hydroxylation is 1. The summed E-state index contributed by atoms with van der Waals surface area (Å²) in [6, 6.07) is 11.8. The number of methoxy groups -OCH3 is 1. The van der Waals surface area contributed by atoms with Crippen LogP contribution in [0.1, 0.15) is 12.5 Å². The predicted molar refractivity (Wildman–Crippen MR) is 150 cm³/mol. The second-order valence-corrected chi connectivity index (χ2v) is 10.6. The zero-order valence-electron chi connectivity index (χ0n) is 21.2. The van der Waals surface area contributed by atoms with Gasteiger partial charge >= 0.3 is 0 Å². The second-order valence-electron chi connectivity index (χ2n) is 8.64. The van der Waals surface area contributed by atoms with Crippen LogP contribution < -0.4 is 15.5 Å². The summed E-state index contributed by atoms with van der Waals surface area (Å²) >= 11 is 3.07. The third kappa shape index (κ3) is 5.32. The number of nitrogens with zero attached hydrogens (tertiary/aromatic N) is 3. The lowest BCUT2D eigenvalue weighted by Gasteiger charge is -2.17. The molecule has 2 amide bonds. The van der Waals surface area contributed by atoms with Crippen LogP contribution >= 0.6 is 22.7 Å². The minimum atomic E-state index is -0.422. The number of benzene rings is 1. The SMILES string of the molecule is COCCNCCOc1ccc(-c2sc3nc(-c4cccs4)nc(NN4C(=O)C=C(C)C4=O)c3c2C)cc1. The number of hydrogen-bond acceptors (Lipinski definition) is 10. The molecule has 38 heavy (non-hydrogen) atoms. The van der Waals surface area contributed by atoms with Crippen molar-refractivity contribution in [2.45, 2.75) is 13.8 Å². The molecule has 1 aliphatic rings. The van der Waals surface area contributed by atoms with E-state index in [1.165, 1.54) is 17.4 Å². The predicted octanol–water partition coefficient (Wildman–Crippen LogP) is 4.65. The smallest absolute Gasteiger partial charge is 0.275 e. The monoisotopic (exact) mass is 549 g/mol. The first-order valence-corrected chi connectivity index (χ1v) is 13.8. The van der Waals surface area contributed by atoms with E-state index in [2.05, 4.69) is 10.7 Å². The van der Waals surface area contributed by atoms with E-state index in [-0.39, 0.29) is 0 Å². The number of hydrazine groups is 1. The van der Waals surface area contributed by atoms with Gasteiger partial charge in [-0.05, 0) is 60.7 Å². The number of rotatable bonds is 11. The van der Waals surface area contributed by atoms with Gasteiger partial charge in [-0.3, -0.25) is 15.0 Å². The Bertz CT molecular complexity index is 1500.